The second-order valence-corrected chi connectivity index (χ2v) is 7.44. The largest absolute Gasteiger partial charge is 0.243 e. The number of hydrogen-bond acceptors (Lipinski definition) is 2. The predicted molar refractivity (Wildman–Crippen MR) is 89.0 cm³/mol. The normalized spacial score (nSPS) is 12.0. The summed E-state index contributed by atoms with van der Waals surface area (Å²) >= 11 is 0. The van der Waals surface area contributed by atoms with Crippen molar-refractivity contribution in [3.8, 4) is 0 Å². The average molecular weight is 329 g/mol. The third kappa shape index (κ3) is 3.25. The highest BCUT2D eigenvalue weighted by molar-refractivity contribution is 7.89. The van der Waals surface area contributed by atoms with Gasteiger partial charge in [0.25, 0.3) is 0 Å². The summed E-state index contributed by atoms with van der Waals surface area (Å²) < 4.78 is 39.6. The van der Waals surface area contributed by atoms with Crippen molar-refractivity contribution >= 4 is 20.8 Å². The van der Waals surface area contributed by atoms with Gasteiger partial charge in [-0.15, -0.1) is 0 Å². The van der Waals surface area contributed by atoms with Crippen LogP contribution < -0.4 is 0 Å². The van der Waals surface area contributed by atoms with E-state index in [-0.39, 0.29) is 17.3 Å². The molecule has 0 fully saturated rings. The van der Waals surface area contributed by atoms with Gasteiger partial charge in [0, 0.05) is 13.6 Å². The number of rotatable bonds is 4. The number of halogens is 1. The van der Waals surface area contributed by atoms with E-state index >= 15 is 0 Å². The average Bonchev–Trinajstić information content (AvgIpc) is 2.56. The van der Waals surface area contributed by atoms with Crippen LogP contribution in [0.4, 0.5) is 4.39 Å². The smallest absolute Gasteiger partial charge is 0.207 e. The van der Waals surface area contributed by atoms with Gasteiger partial charge in [-0.2, -0.15) is 4.31 Å². The molecular weight excluding hydrogens is 313 g/mol. The minimum absolute atomic E-state index is 0.190. The van der Waals surface area contributed by atoms with E-state index < -0.39 is 10.0 Å². The highest BCUT2D eigenvalue weighted by atomic mass is 32.2. The molecule has 0 saturated carbocycles. The molecule has 3 aromatic rings. The molecule has 0 aliphatic rings. The molecule has 0 spiro atoms. The molecular formula is C18H16FNO2S. The summed E-state index contributed by atoms with van der Waals surface area (Å²) in [5.74, 6) is -0.339. The van der Waals surface area contributed by atoms with Gasteiger partial charge >= 0.3 is 0 Å². The molecule has 0 N–H and O–H groups in total. The SMILES string of the molecule is CN(Cc1ccc(F)cc1)S(=O)(=O)c1ccc2ccccc2c1. The maximum atomic E-state index is 12.9. The zero-order valence-corrected chi connectivity index (χ0v) is 13.4. The van der Waals surface area contributed by atoms with Crippen molar-refractivity contribution in [2.24, 2.45) is 0 Å². The fourth-order valence-corrected chi connectivity index (χ4v) is 3.63. The van der Waals surface area contributed by atoms with Crippen LogP contribution >= 0.6 is 0 Å². The number of sulfonamides is 1. The molecule has 3 nitrogen and oxygen atoms in total. The van der Waals surface area contributed by atoms with Crippen LogP contribution in [0, 0.1) is 5.82 Å². The van der Waals surface area contributed by atoms with Crippen molar-refractivity contribution in [2.45, 2.75) is 11.4 Å². The molecule has 0 aliphatic carbocycles. The Morgan fingerprint density at radius 1 is 0.913 bits per heavy atom. The van der Waals surface area contributed by atoms with Crippen molar-refractivity contribution in [1.82, 2.24) is 4.31 Å². The molecule has 0 saturated heterocycles. The minimum atomic E-state index is -3.60. The first-order valence-electron chi connectivity index (χ1n) is 7.16. The molecule has 0 unspecified atom stereocenters. The van der Waals surface area contributed by atoms with Gasteiger partial charge in [-0.1, -0.05) is 42.5 Å². The Balaban J connectivity index is 1.90. The van der Waals surface area contributed by atoms with Gasteiger partial charge in [-0.05, 0) is 40.6 Å². The standard InChI is InChI=1S/C18H16FNO2S/c1-20(13-14-6-9-17(19)10-7-14)23(21,22)18-11-8-15-4-2-3-5-16(15)12-18/h2-12H,13H2,1H3. The van der Waals surface area contributed by atoms with Gasteiger partial charge in [0.15, 0.2) is 0 Å². The Kier molecular flexibility index (Phi) is 4.15. The summed E-state index contributed by atoms with van der Waals surface area (Å²) in [4.78, 5) is 0.251. The molecule has 3 rings (SSSR count). The summed E-state index contributed by atoms with van der Waals surface area (Å²) in [5, 5.41) is 1.87. The summed E-state index contributed by atoms with van der Waals surface area (Å²) in [6.45, 7) is 0.190. The third-order valence-corrected chi connectivity index (χ3v) is 5.55. The predicted octanol–water partition coefficient (Wildman–Crippen LogP) is 3.80. The lowest BCUT2D eigenvalue weighted by Crippen LogP contribution is -2.26. The zero-order valence-electron chi connectivity index (χ0n) is 12.6. The quantitative estimate of drug-likeness (QED) is 0.730. The van der Waals surface area contributed by atoms with Gasteiger partial charge in [-0.3, -0.25) is 0 Å². The second kappa shape index (κ2) is 6.10. The van der Waals surface area contributed by atoms with Crippen LogP contribution in [0.1, 0.15) is 5.56 Å². The number of hydrogen-bond donors (Lipinski definition) is 0. The van der Waals surface area contributed by atoms with E-state index in [9.17, 15) is 12.8 Å². The minimum Gasteiger partial charge on any atom is -0.207 e. The van der Waals surface area contributed by atoms with E-state index in [1.807, 2.05) is 24.3 Å². The Morgan fingerprint density at radius 3 is 2.26 bits per heavy atom. The van der Waals surface area contributed by atoms with Crippen molar-refractivity contribution in [1.29, 1.82) is 0 Å². The summed E-state index contributed by atoms with van der Waals surface area (Å²) in [6, 6.07) is 18.5. The topological polar surface area (TPSA) is 37.4 Å². The molecule has 3 aromatic carbocycles. The van der Waals surface area contributed by atoms with Crippen LogP contribution in [0.5, 0.6) is 0 Å². The Bertz CT molecular complexity index is 937. The third-order valence-electron chi connectivity index (χ3n) is 3.75. The van der Waals surface area contributed by atoms with Crippen molar-refractivity contribution in [3.63, 3.8) is 0 Å². The number of fused-ring (bicyclic) bond motifs is 1. The van der Waals surface area contributed by atoms with Crippen molar-refractivity contribution < 1.29 is 12.8 Å². The van der Waals surface area contributed by atoms with Crippen LogP contribution in [0.2, 0.25) is 0 Å². The maximum absolute atomic E-state index is 12.9. The first kappa shape index (κ1) is 15.6. The fourth-order valence-electron chi connectivity index (χ4n) is 2.44. The van der Waals surface area contributed by atoms with Crippen LogP contribution in [0.25, 0.3) is 10.8 Å². The zero-order chi connectivity index (χ0) is 16.4. The van der Waals surface area contributed by atoms with Gasteiger partial charge in [0.2, 0.25) is 10.0 Å². The lowest BCUT2D eigenvalue weighted by molar-refractivity contribution is 0.466. The van der Waals surface area contributed by atoms with Gasteiger partial charge in [0.05, 0.1) is 4.90 Å². The van der Waals surface area contributed by atoms with Crippen molar-refractivity contribution in [3.05, 3.63) is 78.1 Å². The van der Waals surface area contributed by atoms with E-state index in [1.54, 1.807) is 30.3 Å². The summed E-state index contributed by atoms with van der Waals surface area (Å²) in [5.41, 5.74) is 0.735. The van der Waals surface area contributed by atoms with Gasteiger partial charge < -0.3 is 0 Å². The fraction of sp³-hybridized carbons (Fsp3) is 0.111. The Morgan fingerprint density at radius 2 is 1.57 bits per heavy atom. The molecule has 0 aliphatic heterocycles. The molecule has 0 atom stereocenters. The number of nitrogens with zero attached hydrogens (tertiary/aromatic N) is 1. The molecule has 0 radical (unpaired) electrons. The lowest BCUT2D eigenvalue weighted by atomic mass is 10.1. The maximum Gasteiger partial charge on any atom is 0.243 e. The molecule has 23 heavy (non-hydrogen) atoms. The first-order chi connectivity index (χ1) is 11.0. The molecule has 0 heterocycles. The lowest BCUT2D eigenvalue weighted by Gasteiger charge is -2.17. The van der Waals surface area contributed by atoms with Crippen LogP contribution in [0.3, 0.4) is 0 Å². The monoisotopic (exact) mass is 329 g/mol. The van der Waals surface area contributed by atoms with E-state index in [4.69, 9.17) is 0 Å². The molecule has 118 valence electrons. The summed E-state index contributed by atoms with van der Waals surface area (Å²) in [7, 11) is -2.08. The van der Waals surface area contributed by atoms with Crippen LogP contribution in [0.15, 0.2) is 71.6 Å². The Hall–Kier alpha value is -2.24. The van der Waals surface area contributed by atoms with E-state index in [0.717, 1.165) is 16.3 Å². The highest BCUT2D eigenvalue weighted by Gasteiger charge is 2.21. The van der Waals surface area contributed by atoms with Gasteiger partial charge in [-0.25, -0.2) is 12.8 Å². The summed E-state index contributed by atoms with van der Waals surface area (Å²) in [6.07, 6.45) is 0. The molecule has 5 heteroatoms. The van der Waals surface area contributed by atoms with Crippen molar-refractivity contribution in [2.75, 3.05) is 7.05 Å². The highest BCUT2D eigenvalue weighted by Crippen LogP contribution is 2.22. The molecule has 0 aromatic heterocycles. The van der Waals surface area contributed by atoms with E-state index in [2.05, 4.69) is 0 Å². The number of benzene rings is 3. The first-order valence-corrected chi connectivity index (χ1v) is 8.60. The van der Waals surface area contributed by atoms with E-state index in [1.165, 1.54) is 23.5 Å². The second-order valence-electron chi connectivity index (χ2n) is 5.40. The van der Waals surface area contributed by atoms with Crippen LogP contribution in [-0.2, 0) is 16.6 Å². The molecule has 0 amide bonds. The van der Waals surface area contributed by atoms with E-state index in [0.29, 0.717) is 0 Å². The van der Waals surface area contributed by atoms with Gasteiger partial charge in [0.1, 0.15) is 5.82 Å². The Labute approximate surface area is 135 Å². The molecule has 0 bridgehead atoms. The van der Waals surface area contributed by atoms with Crippen LogP contribution in [-0.4, -0.2) is 19.8 Å².